The molecule has 0 heterocycles. The van der Waals surface area contributed by atoms with Crippen LogP contribution in [-0.2, 0) is 0 Å². The second-order valence-corrected chi connectivity index (χ2v) is 2.68. The van der Waals surface area contributed by atoms with E-state index in [0.29, 0.717) is 24.5 Å². The second-order valence-electron chi connectivity index (χ2n) is 2.68. The van der Waals surface area contributed by atoms with Crippen LogP contribution in [0, 0.1) is 0 Å². The summed E-state index contributed by atoms with van der Waals surface area (Å²) in [5.74, 6) is 1.30. The maximum Gasteiger partial charge on any atom is 0.153 e. The molecule has 1 aromatic carbocycles. The summed E-state index contributed by atoms with van der Waals surface area (Å²) in [7, 11) is 0. The van der Waals surface area contributed by atoms with E-state index in [1.165, 1.54) is 0 Å². The van der Waals surface area contributed by atoms with Crippen LogP contribution in [0.3, 0.4) is 0 Å². The quantitative estimate of drug-likeness (QED) is 0.675. The highest BCUT2D eigenvalue weighted by molar-refractivity contribution is 5.79. The van der Waals surface area contributed by atoms with Gasteiger partial charge in [0.1, 0.15) is 11.5 Å². The first-order valence-electron chi connectivity index (χ1n) is 4.66. The van der Waals surface area contributed by atoms with E-state index < -0.39 is 0 Å². The van der Waals surface area contributed by atoms with Crippen molar-refractivity contribution in [3.63, 3.8) is 0 Å². The van der Waals surface area contributed by atoms with Crippen molar-refractivity contribution in [1.29, 1.82) is 0 Å². The van der Waals surface area contributed by atoms with E-state index in [0.717, 1.165) is 12.0 Å². The number of hydrogen-bond acceptors (Lipinski definition) is 3. The summed E-state index contributed by atoms with van der Waals surface area (Å²) in [4.78, 5) is 10.7. The van der Waals surface area contributed by atoms with E-state index in [1.54, 1.807) is 18.2 Å². The molecule has 0 bridgehead atoms. The second kappa shape index (κ2) is 5.27. The molecule has 0 amide bonds. The molecule has 0 spiro atoms. The molecule has 14 heavy (non-hydrogen) atoms. The van der Waals surface area contributed by atoms with Crippen molar-refractivity contribution in [3.8, 4) is 11.5 Å². The van der Waals surface area contributed by atoms with Gasteiger partial charge < -0.3 is 9.47 Å². The van der Waals surface area contributed by atoms with Crippen molar-refractivity contribution in [2.24, 2.45) is 0 Å². The first kappa shape index (κ1) is 10.6. The summed E-state index contributed by atoms with van der Waals surface area (Å²) >= 11 is 0. The first-order chi connectivity index (χ1) is 6.81. The van der Waals surface area contributed by atoms with Crippen LogP contribution in [0.15, 0.2) is 18.2 Å². The Hall–Kier alpha value is -1.51. The number of benzene rings is 1. The fourth-order valence-electron chi connectivity index (χ4n) is 1.15. The highest BCUT2D eigenvalue weighted by Crippen LogP contribution is 2.23. The van der Waals surface area contributed by atoms with Crippen molar-refractivity contribution in [1.82, 2.24) is 0 Å². The molecule has 0 aliphatic carbocycles. The Morgan fingerprint density at radius 1 is 1.21 bits per heavy atom. The van der Waals surface area contributed by atoms with Crippen LogP contribution in [-0.4, -0.2) is 19.5 Å². The summed E-state index contributed by atoms with van der Waals surface area (Å²) in [6, 6.07) is 5.19. The van der Waals surface area contributed by atoms with Gasteiger partial charge in [-0.2, -0.15) is 0 Å². The van der Waals surface area contributed by atoms with Gasteiger partial charge in [-0.25, -0.2) is 0 Å². The predicted molar refractivity (Wildman–Crippen MR) is 54.2 cm³/mol. The molecule has 0 fully saturated rings. The van der Waals surface area contributed by atoms with Gasteiger partial charge in [-0.1, -0.05) is 0 Å². The van der Waals surface area contributed by atoms with Crippen LogP contribution in [0.25, 0.3) is 0 Å². The lowest BCUT2D eigenvalue weighted by molar-refractivity contribution is 0.112. The summed E-state index contributed by atoms with van der Waals surface area (Å²) in [5.41, 5.74) is 0.551. The highest BCUT2D eigenvalue weighted by atomic mass is 16.5. The van der Waals surface area contributed by atoms with Gasteiger partial charge in [0.15, 0.2) is 6.29 Å². The average molecular weight is 194 g/mol. The maximum atomic E-state index is 10.7. The molecular formula is C11H14O3. The minimum atomic E-state index is 0.538. The fourth-order valence-corrected chi connectivity index (χ4v) is 1.15. The zero-order chi connectivity index (χ0) is 10.4. The summed E-state index contributed by atoms with van der Waals surface area (Å²) in [5, 5.41) is 0. The Balaban J connectivity index is 2.94. The van der Waals surface area contributed by atoms with Gasteiger partial charge >= 0.3 is 0 Å². The van der Waals surface area contributed by atoms with Crippen LogP contribution >= 0.6 is 0 Å². The molecule has 0 aromatic heterocycles. The average Bonchev–Trinajstić information content (AvgIpc) is 2.19. The third-order valence-corrected chi connectivity index (χ3v) is 1.72. The molecule has 3 heteroatoms. The Bertz CT molecular complexity index is 307. The van der Waals surface area contributed by atoms with Crippen molar-refractivity contribution in [2.45, 2.75) is 13.8 Å². The first-order valence-corrected chi connectivity index (χ1v) is 4.66. The Kier molecular flexibility index (Phi) is 3.98. The van der Waals surface area contributed by atoms with Crippen LogP contribution < -0.4 is 9.47 Å². The molecule has 0 aliphatic rings. The lowest BCUT2D eigenvalue weighted by atomic mass is 10.2. The van der Waals surface area contributed by atoms with Crippen LogP contribution in [0.4, 0.5) is 0 Å². The van der Waals surface area contributed by atoms with Gasteiger partial charge in [0.25, 0.3) is 0 Å². The Morgan fingerprint density at radius 2 is 1.93 bits per heavy atom. The zero-order valence-corrected chi connectivity index (χ0v) is 8.45. The van der Waals surface area contributed by atoms with Crippen molar-refractivity contribution < 1.29 is 14.3 Å². The van der Waals surface area contributed by atoms with Crippen LogP contribution in [0.1, 0.15) is 24.2 Å². The van der Waals surface area contributed by atoms with Crippen LogP contribution in [0.2, 0.25) is 0 Å². The summed E-state index contributed by atoms with van der Waals surface area (Å²) in [6.45, 7) is 4.93. The standard InChI is InChI=1S/C11H14O3/c1-3-13-10-6-5-9(8-12)11(7-10)14-4-2/h5-8H,3-4H2,1-2H3. The summed E-state index contributed by atoms with van der Waals surface area (Å²) in [6.07, 6.45) is 0.778. The fraction of sp³-hybridized carbons (Fsp3) is 0.364. The van der Waals surface area contributed by atoms with E-state index in [1.807, 2.05) is 13.8 Å². The van der Waals surface area contributed by atoms with Crippen molar-refractivity contribution in [3.05, 3.63) is 23.8 Å². The minimum absolute atomic E-state index is 0.538. The van der Waals surface area contributed by atoms with Gasteiger partial charge in [0.2, 0.25) is 0 Å². The zero-order valence-electron chi connectivity index (χ0n) is 8.45. The van der Waals surface area contributed by atoms with E-state index in [2.05, 4.69) is 0 Å². The monoisotopic (exact) mass is 194 g/mol. The Morgan fingerprint density at radius 3 is 2.50 bits per heavy atom. The van der Waals surface area contributed by atoms with Gasteiger partial charge in [-0.3, -0.25) is 4.79 Å². The number of aldehydes is 1. The number of ether oxygens (including phenoxy) is 2. The van der Waals surface area contributed by atoms with Crippen molar-refractivity contribution >= 4 is 6.29 Å². The molecule has 0 atom stereocenters. The lowest BCUT2D eigenvalue weighted by Gasteiger charge is -2.08. The molecular weight excluding hydrogens is 180 g/mol. The molecule has 76 valence electrons. The smallest absolute Gasteiger partial charge is 0.153 e. The van der Waals surface area contributed by atoms with E-state index in [4.69, 9.17) is 9.47 Å². The van der Waals surface area contributed by atoms with E-state index in [-0.39, 0.29) is 0 Å². The van der Waals surface area contributed by atoms with Gasteiger partial charge in [-0.05, 0) is 26.0 Å². The molecule has 1 rings (SSSR count). The topological polar surface area (TPSA) is 35.5 Å². The van der Waals surface area contributed by atoms with Gasteiger partial charge in [0, 0.05) is 6.07 Å². The normalized spacial score (nSPS) is 9.57. The van der Waals surface area contributed by atoms with E-state index in [9.17, 15) is 4.79 Å². The highest BCUT2D eigenvalue weighted by Gasteiger charge is 2.04. The summed E-state index contributed by atoms with van der Waals surface area (Å²) < 4.78 is 10.6. The maximum absolute atomic E-state index is 10.7. The predicted octanol–water partition coefficient (Wildman–Crippen LogP) is 2.30. The number of carbonyl (C=O) groups is 1. The van der Waals surface area contributed by atoms with Crippen molar-refractivity contribution in [2.75, 3.05) is 13.2 Å². The Labute approximate surface area is 83.6 Å². The number of rotatable bonds is 5. The third kappa shape index (κ3) is 2.49. The SMILES string of the molecule is CCOc1ccc(C=O)c(OCC)c1. The largest absolute Gasteiger partial charge is 0.494 e. The molecule has 3 nitrogen and oxygen atoms in total. The molecule has 1 aromatic rings. The van der Waals surface area contributed by atoms with Gasteiger partial charge in [0.05, 0.1) is 18.8 Å². The molecule has 0 saturated carbocycles. The molecule has 0 saturated heterocycles. The molecule has 0 N–H and O–H groups in total. The third-order valence-electron chi connectivity index (χ3n) is 1.72. The van der Waals surface area contributed by atoms with Gasteiger partial charge in [-0.15, -0.1) is 0 Å². The van der Waals surface area contributed by atoms with Crippen LogP contribution in [0.5, 0.6) is 11.5 Å². The number of carbonyl (C=O) groups excluding carboxylic acids is 1. The molecule has 0 radical (unpaired) electrons. The minimum Gasteiger partial charge on any atom is -0.494 e. The number of hydrogen-bond donors (Lipinski definition) is 0. The lowest BCUT2D eigenvalue weighted by Crippen LogP contribution is -1.98. The van der Waals surface area contributed by atoms with E-state index >= 15 is 0 Å². The molecule has 0 aliphatic heterocycles. The molecule has 0 unspecified atom stereocenters.